The number of hydrogen-bond donors (Lipinski definition) is 1. The van der Waals surface area contributed by atoms with Crippen LogP contribution in [0.2, 0.25) is 0 Å². The smallest absolute Gasteiger partial charge is 0.0681 e. The molecule has 1 aromatic rings. The minimum atomic E-state index is 0.131. The van der Waals surface area contributed by atoms with Crippen LogP contribution in [-0.2, 0) is 6.61 Å². The van der Waals surface area contributed by atoms with Crippen LogP contribution in [0.1, 0.15) is 18.4 Å². The van der Waals surface area contributed by atoms with Gasteiger partial charge >= 0.3 is 0 Å². The summed E-state index contributed by atoms with van der Waals surface area (Å²) in [6.07, 6.45) is 2.54. The van der Waals surface area contributed by atoms with Crippen molar-refractivity contribution in [1.29, 1.82) is 0 Å². The number of benzene rings is 1. The van der Waals surface area contributed by atoms with Crippen LogP contribution in [-0.4, -0.2) is 67.3 Å². The molecule has 3 rings (SSSR count). The Balaban J connectivity index is 1.52. The number of piperidine rings is 1. The Hall–Kier alpha value is -1.10. The molecule has 0 spiro atoms. The van der Waals surface area contributed by atoms with Gasteiger partial charge in [0.15, 0.2) is 0 Å². The average Bonchev–Trinajstić information content (AvgIpc) is 2.56. The van der Waals surface area contributed by atoms with Gasteiger partial charge in [-0.1, -0.05) is 12.1 Å². The van der Waals surface area contributed by atoms with Crippen molar-refractivity contribution < 1.29 is 5.11 Å². The van der Waals surface area contributed by atoms with E-state index in [4.69, 9.17) is 5.11 Å². The molecule has 0 amide bonds. The van der Waals surface area contributed by atoms with E-state index in [1.54, 1.807) is 0 Å². The zero-order valence-corrected chi connectivity index (χ0v) is 13.0. The van der Waals surface area contributed by atoms with Gasteiger partial charge in [0.25, 0.3) is 0 Å². The first kappa shape index (κ1) is 14.8. The molecule has 4 heteroatoms. The maximum absolute atomic E-state index is 9.11. The third kappa shape index (κ3) is 3.57. The lowest BCUT2D eigenvalue weighted by Gasteiger charge is -2.42. The van der Waals surface area contributed by atoms with Crippen molar-refractivity contribution in [3.05, 3.63) is 29.8 Å². The molecule has 4 nitrogen and oxygen atoms in total. The van der Waals surface area contributed by atoms with Crippen molar-refractivity contribution in [3.8, 4) is 0 Å². The number of piperazine rings is 1. The SMILES string of the molecule is CN1CCN(C2CCN(c3ccc(CO)cc3)CC2)CC1. The summed E-state index contributed by atoms with van der Waals surface area (Å²) in [5.41, 5.74) is 2.29. The molecule has 0 bridgehead atoms. The highest BCUT2D eigenvalue weighted by atomic mass is 16.3. The van der Waals surface area contributed by atoms with Crippen LogP contribution in [0.25, 0.3) is 0 Å². The molecule has 0 aliphatic carbocycles. The molecule has 0 radical (unpaired) electrons. The molecular weight excluding hydrogens is 262 g/mol. The molecule has 0 atom stereocenters. The fraction of sp³-hybridized carbons (Fsp3) is 0.647. The Labute approximate surface area is 128 Å². The van der Waals surface area contributed by atoms with Crippen LogP contribution in [0.3, 0.4) is 0 Å². The highest BCUT2D eigenvalue weighted by Gasteiger charge is 2.26. The topological polar surface area (TPSA) is 30.0 Å². The minimum absolute atomic E-state index is 0.131. The lowest BCUT2D eigenvalue weighted by molar-refractivity contribution is 0.0982. The van der Waals surface area contributed by atoms with E-state index in [1.165, 1.54) is 44.7 Å². The van der Waals surface area contributed by atoms with Crippen LogP contribution < -0.4 is 4.90 Å². The number of hydrogen-bond acceptors (Lipinski definition) is 4. The average molecular weight is 289 g/mol. The molecule has 2 aliphatic rings. The van der Waals surface area contributed by atoms with Gasteiger partial charge in [0, 0.05) is 51.0 Å². The van der Waals surface area contributed by atoms with Crippen molar-refractivity contribution in [2.24, 2.45) is 0 Å². The summed E-state index contributed by atoms with van der Waals surface area (Å²) in [5.74, 6) is 0. The second-order valence-corrected chi connectivity index (χ2v) is 6.38. The molecule has 2 saturated heterocycles. The van der Waals surface area contributed by atoms with Gasteiger partial charge in [-0.05, 0) is 37.6 Å². The van der Waals surface area contributed by atoms with Crippen molar-refractivity contribution in [1.82, 2.24) is 9.80 Å². The summed E-state index contributed by atoms with van der Waals surface area (Å²) in [6, 6.07) is 9.11. The molecular formula is C17H27N3O. The molecule has 0 saturated carbocycles. The van der Waals surface area contributed by atoms with Crippen LogP contribution in [0, 0.1) is 0 Å². The van der Waals surface area contributed by atoms with Gasteiger partial charge in [0.05, 0.1) is 6.61 Å². The van der Waals surface area contributed by atoms with Crippen molar-refractivity contribution in [2.75, 3.05) is 51.2 Å². The molecule has 2 heterocycles. The summed E-state index contributed by atoms with van der Waals surface area (Å²) in [7, 11) is 2.22. The fourth-order valence-corrected chi connectivity index (χ4v) is 3.49. The third-order valence-electron chi connectivity index (χ3n) is 5.00. The van der Waals surface area contributed by atoms with Gasteiger partial charge in [-0.25, -0.2) is 0 Å². The minimum Gasteiger partial charge on any atom is -0.392 e. The van der Waals surface area contributed by atoms with E-state index in [0.29, 0.717) is 0 Å². The van der Waals surface area contributed by atoms with Crippen molar-refractivity contribution in [3.63, 3.8) is 0 Å². The molecule has 1 N–H and O–H groups in total. The van der Waals surface area contributed by atoms with Crippen molar-refractivity contribution in [2.45, 2.75) is 25.5 Å². The van der Waals surface area contributed by atoms with Gasteiger partial charge in [0.2, 0.25) is 0 Å². The monoisotopic (exact) mass is 289 g/mol. The predicted molar refractivity (Wildman–Crippen MR) is 86.7 cm³/mol. The number of aliphatic hydroxyl groups excluding tert-OH is 1. The lowest BCUT2D eigenvalue weighted by Crippen LogP contribution is -2.52. The Bertz CT molecular complexity index is 432. The number of rotatable bonds is 3. The summed E-state index contributed by atoms with van der Waals surface area (Å²) >= 11 is 0. The number of aliphatic hydroxyl groups is 1. The lowest BCUT2D eigenvalue weighted by atomic mass is 10.0. The third-order valence-corrected chi connectivity index (χ3v) is 5.00. The first-order valence-electron chi connectivity index (χ1n) is 8.13. The van der Waals surface area contributed by atoms with E-state index in [0.717, 1.165) is 24.7 Å². The van der Waals surface area contributed by atoms with Gasteiger partial charge in [0.1, 0.15) is 0 Å². The van der Waals surface area contributed by atoms with Crippen LogP contribution >= 0.6 is 0 Å². The second kappa shape index (κ2) is 6.77. The van der Waals surface area contributed by atoms with Gasteiger partial charge in [-0.15, -0.1) is 0 Å². The molecule has 21 heavy (non-hydrogen) atoms. The number of anilines is 1. The molecule has 0 unspecified atom stereocenters. The Morgan fingerprint density at radius 1 is 0.952 bits per heavy atom. The summed E-state index contributed by atoms with van der Waals surface area (Å²) < 4.78 is 0. The van der Waals surface area contributed by atoms with Crippen LogP contribution in [0.5, 0.6) is 0 Å². The maximum atomic E-state index is 9.11. The highest BCUT2D eigenvalue weighted by Crippen LogP contribution is 2.23. The standard InChI is InChI=1S/C17H27N3O/c1-18-10-12-20(13-11-18)17-6-8-19(9-7-17)16-4-2-15(14-21)3-5-16/h2-5,17,21H,6-14H2,1H3. The quantitative estimate of drug-likeness (QED) is 0.911. The van der Waals surface area contributed by atoms with Crippen molar-refractivity contribution >= 4 is 5.69 Å². The molecule has 1 aromatic carbocycles. The Morgan fingerprint density at radius 2 is 1.57 bits per heavy atom. The second-order valence-electron chi connectivity index (χ2n) is 6.38. The first-order valence-corrected chi connectivity index (χ1v) is 8.13. The molecule has 0 aromatic heterocycles. The summed E-state index contributed by atoms with van der Waals surface area (Å²) in [4.78, 5) is 7.59. The van der Waals surface area contributed by atoms with E-state index >= 15 is 0 Å². The van der Waals surface area contributed by atoms with E-state index < -0.39 is 0 Å². The maximum Gasteiger partial charge on any atom is 0.0681 e. The van der Waals surface area contributed by atoms with Crippen LogP contribution in [0.4, 0.5) is 5.69 Å². The van der Waals surface area contributed by atoms with Crippen LogP contribution in [0.15, 0.2) is 24.3 Å². The summed E-state index contributed by atoms with van der Waals surface area (Å²) in [6.45, 7) is 7.31. The zero-order chi connectivity index (χ0) is 14.7. The predicted octanol–water partition coefficient (Wildman–Crippen LogP) is 1.40. The van der Waals surface area contributed by atoms with Gasteiger partial charge < -0.3 is 14.9 Å². The Morgan fingerprint density at radius 3 is 2.14 bits per heavy atom. The highest BCUT2D eigenvalue weighted by molar-refractivity contribution is 5.48. The first-order chi connectivity index (χ1) is 10.3. The fourth-order valence-electron chi connectivity index (χ4n) is 3.49. The molecule has 2 fully saturated rings. The zero-order valence-electron chi connectivity index (χ0n) is 13.0. The Kier molecular flexibility index (Phi) is 4.78. The molecule has 2 aliphatic heterocycles. The number of likely N-dealkylation sites (N-methyl/N-ethyl adjacent to an activating group) is 1. The number of nitrogens with zero attached hydrogens (tertiary/aromatic N) is 3. The molecule has 116 valence electrons. The van der Waals surface area contributed by atoms with E-state index in [-0.39, 0.29) is 6.61 Å². The van der Waals surface area contributed by atoms with Gasteiger partial charge in [-0.2, -0.15) is 0 Å². The largest absolute Gasteiger partial charge is 0.392 e. The van der Waals surface area contributed by atoms with E-state index in [2.05, 4.69) is 33.9 Å². The van der Waals surface area contributed by atoms with Gasteiger partial charge in [-0.3, -0.25) is 4.90 Å². The normalized spacial score (nSPS) is 22.7. The van der Waals surface area contributed by atoms with E-state index in [1.807, 2.05) is 12.1 Å². The summed E-state index contributed by atoms with van der Waals surface area (Å²) in [5, 5.41) is 9.11. The van der Waals surface area contributed by atoms with E-state index in [9.17, 15) is 0 Å².